The van der Waals surface area contributed by atoms with E-state index in [2.05, 4.69) is 11.4 Å². The Morgan fingerprint density at radius 2 is 2.17 bits per heavy atom. The first kappa shape index (κ1) is 12.7. The summed E-state index contributed by atoms with van der Waals surface area (Å²) in [6, 6.07) is 7.33. The Morgan fingerprint density at radius 1 is 1.44 bits per heavy atom. The smallest absolute Gasteiger partial charge is 0.143 e. The van der Waals surface area contributed by atoms with Gasteiger partial charge in [-0.05, 0) is 25.0 Å². The number of hydrogen-bond donors (Lipinski definition) is 2. The number of methoxy groups -OCH3 is 1. The van der Waals surface area contributed by atoms with Crippen molar-refractivity contribution >= 4 is 5.69 Å². The van der Waals surface area contributed by atoms with Crippen LogP contribution in [0, 0.1) is 11.3 Å². The van der Waals surface area contributed by atoms with Crippen LogP contribution in [0.5, 0.6) is 5.75 Å². The molecular weight excluding hydrogens is 228 g/mol. The maximum absolute atomic E-state index is 10.3. The topological polar surface area (TPSA) is 65.3 Å². The summed E-state index contributed by atoms with van der Waals surface area (Å²) < 4.78 is 5.24. The van der Waals surface area contributed by atoms with E-state index in [0.717, 1.165) is 31.4 Å². The van der Waals surface area contributed by atoms with Crippen molar-refractivity contribution in [3.63, 3.8) is 0 Å². The van der Waals surface area contributed by atoms with Crippen LogP contribution in [-0.4, -0.2) is 24.4 Å². The molecule has 4 heteroatoms. The zero-order valence-corrected chi connectivity index (χ0v) is 10.6. The number of nitrogens with zero attached hydrogens (tertiary/aromatic N) is 1. The predicted octanol–water partition coefficient (Wildman–Crippen LogP) is 2.28. The first-order valence-corrected chi connectivity index (χ1v) is 6.21. The Labute approximate surface area is 107 Å². The molecule has 18 heavy (non-hydrogen) atoms. The molecule has 0 saturated heterocycles. The zero-order chi connectivity index (χ0) is 13.0. The van der Waals surface area contributed by atoms with Gasteiger partial charge in [0.15, 0.2) is 0 Å². The number of ether oxygens (including phenoxy) is 1. The van der Waals surface area contributed by atoms with Gasteiger partial charge in [-0.3, -0.25) is 0 Å². The van der Waals surface area contributed by atoms with Crippen LogP contribution in [0.25, 0.3) is 0 Å². The molecule has 2 N–H and O–H groups in total. The van der Waals surface area contributed by atoms with Crippen LogP contribution in [0.1, 0.15) is 31.2 Å². The lowest BCUT2D eigenvalue weighted by molar-refractivity contribution is 0.0614. The molecule has 0 bridgehead atoms. The minimum absolute atomic E-state index is 0.523. The third kappa shape index (κ3) is 2.74. The summed E-state index contributed by atoms with van der Waals surface area (Å²) in [5.74, 6) is 0.635. The SMILES string of the molecule is COc1cc(C#N)ccc1NCC1(O)CCCC1. The standard InChI is InChI=1S/C14H18N2O2/c1-18-13-8-11(9-15)4-5-12(13)16-10-14(17)6-2-3-7-14/h4-5,8,16-17H,2-3,6-7,10H2,1H3. The highest BCUT2D eigenvalue weighted by molar-refractivity contribution is 5.59. The Balaban J connectivity index is 2.07. The second-order valence-electron chi connectivity index (χ2n) is 4.81. The van der Waals surface area contributed by atoms with Crippen LogP contribution in [-0.2, 0) is 0 Å². The molecule has 0 unspecified atom stereocenters. The lowest BCUT2D eigenvalue weighted by Gasteiger charge is -2.23. The van der Waals surface area contributed by atoms with Crippen molar-refractivity contribution in [1.29, 1.82) is 5.26 Å². The second-order valence-corrected chi connectivity index (χ2v) is 4.81. The summed E-state index contributed by atoms with van der Waals surface area (Å²) in [7, 11) is 1.58. The van der Waals surface area contributed by atoms with Gasteiger partial charge in [-0.25, -0.2) is 0 Å². The van der Waals surface area contributed by atoms with Crippen molar-refractivity contribution in [3.8, 4) is 11.8 Å². The number of rotatable bonds is 4. The van der Waals surface area contributed by atoms with E-state index in [-0.39, 0.29) is 0 Å². The van der Waals surface area contributed by atoms with Gasteiger partial charge < -0.3 is 15.2 Å². The number of aliphatic hydroxyl groups is 1. The van der Waals surface area contributed by atoms with E-state index in [1.54, 1.807) is 19.2 Å². The normalized spacial score (nSPS) is 17.2. The van der Waals surface area contributed by atoms with Crippen molar-refractivity contribution in [3.05, 3.63) is 23.8 Å². The highest BCUT2D eigenvalue weighted by Crippen LogP contribution is 2.31. The van der Waals surface area contributed by atoms with E-state index in [9.17, 15) is 5.11 Å². The molecule has 0 aromatic heterocycles. The van der Waals surface area contributed by atoms with Gasteiger partial charge in [0.05, 0.1) is 30.0 Å². The molecule has 0 aliphatic heterocycles. The summed E-state index contributed by atoms with van der Waals surface area (Å²) >= 11 is 0. The molecule has 1 aliphatic carbocycles. The second kappa shape index (κ2) is 5.28. The lowest BCUT2D eigenvalue weighted by Crippen LogP contribution is -2.33. The molecule has 0 heterocycles. The van der Waals surface area contributed by atoms with Crippen LogP contribution < -0.4 is 10.1 Å². The highest BCUT2D eigenvalue weighted by Gasteiger charge is 2.30. The van der Waals surface area contributed by atoms with Crippen molar-refractivity contribution in [2.75, 3.05) is 19.0 Å². The maximum atomic E-state index is 10.3. The summed E-state index contributed by atoms with van der Waals surface area (Å²) in [5, 5.41) is 22.3. The first-order valence-electron chi connectivity index (χ1n) is 6.21. The summed E-state index contributed by atoms with van der Waals surface area (Å²) in [6.45, 7) is 0.523. The van der Waals surface area contributed by atoms with Crippen LogP contribution >= 0.6 is 0 Å². The molecule has 1 aromatic carbocycles. The van der Waals surface area contributed by atoms with Gasteiger partial charge in [0.2, 0.25) is 0 Å². The van der Waals surface area contributed by atoms with Gasteiger partial charge in [0.25, 0.3) is 0 Å². The average molecular weight is 246 g/mol. The van der Waals surface area contributed by atoms with Crippen LogP contribution in [0.2, 0.25) is 0 Å². The summed E-state index contributed by atoms with van der Waals surface area (Å²) in [5.41, 5.74) is 0.785. The largest absolute Gasteiger partial charge is 0.495 e. The van der Waals surface area contributed by atoms with Crippen molar-refractivity contribution < 1.29 is 9.84 Å². The van der Waals surface area contributed by atoms with E-state index in [1.807, 2.05) is 6.07 Å². The minimum Gasteiger partial charge on any atom is -0.495 e. The van der Waals surface area contributed by atoms with E-state index < -0.39 is 5.60 Å². The molecule has 1 fully saturated rings. The molecule has 1 aliphatic rings. The molecule has 1 aromatic rings. The summed E-state index contributed by atoms with van der Waals surface area (Å²) in [4.78, 5) is 0. The average Bonchev–Trinajstić information content (AvgIpc) is 2.83. The van der Waals surface area contributed by atoms with E-state index in [0.29, 0.717) is 17.9 Å². The first-order chi connectivity index (χ1) is 8.67. The fourth-order valence-corrected chi connectivity index (χ4v) is 2.38. The number of benzene rings is 1. The third-order valence-corrected chi connectivity index (χ3v) is 3.47. The number of anilines is 1. The van der Waals surface area contributed by atoms with Gasteiger partial charge in [-0.1, -0.05) is 12.8 Å². The quantitative estimate of drug-likeness (QED) is 0.855. The van der Waals surface area contributed by atoms with E-state index in [4.69, 9.17) is 10.00 Å². The maximum Gasteiger partial charge on any atom is 0.143 e. The molecule has 4 nitrogen and oxygen atoms in total. The third-order valence-electron chi connectivity index (χ3n) is 3.47. The number of nitriles is 1. The van der Waals surface area contributed by atoms with Gasteiger partial charge in [-0.2, -0.15) is 5.26 Å². The monoisotopic (exact) mass is 246 g/mol. The fourth-order valence-electron chi connectivity index (χ4n) is 2.38. The van der Waals surface area contributed by atoms with Crippen molar-refractivity contribution in [1.82, 2.24) is 0 Å². The minimum atomic E-state index is -0.598. The van der Waals surface area contributed by atoms with Gasteiger partial charge in [0, 0.05) is 12.6 Å². The Morgan fingerprint density at radius 3 is 2.78 bits per heavy atom. The number of hydrogen-bond acceptors (Lipinski definition) is 4. The van der Waals surface area contributed by atoms with Crippen LogP contribution in [0.4, 0.5) is 5.69 Å². The molecule has 0 atom stereocenters. The molecule has 0 spiro atoms. The Hall–Kier alpha value is -1.73. The Kier molecular flexibility index (Phi) is 3.73. The molecule has 1 saturated carbocycles. The molecule has 0 amide bonds. The van der Waals surface area contributed by atoms with Gasteiger partial charge in [-0.15, -0.1) is 0 Å². The molecular formula is C14H18N2O2. The molecule has 96 valence electrons. The van der Waals surface area contributed by atoms with E-state index in [1.165, 1.54) is 0 Å². The fraction of sp³-hybridized carbons (Fsp3) is 0.500. The Bertz CT molecular complexity index is 459. The van der Waals surface area contributed by atoms with Crippen molar-refractivity contribution in [2.24, 2.45) is 0 Å². The van der Waals surface area contributed by atoms with Crippen LogP contribution in [0.15, 0.2) is 18.2 Å². The summed E-state index contributed by atoms with van der Waals surface area (Å²) in [6.07, 6.45) is 3.86. The predicted molar refractivity (Wildman–Crippen MR) is 69.6 cm³/mol. The van der Waals surface area contributed by atoms with Crippen molar-refractivity contribution in [2.45, 2.75) is 31.3 Å². The highest BCUT2D eigenvalue weighted by atomic mass is 16.5. The van der Waals surface area contributed by atoms with Gasteiger partial charge in [0.1, 0.15) is 5.75 Å². The lowest BCUT2D eigenvalue weighted by atomic mass is 10.0. The van der Waals surface area contributed by atoms with E-state index >= 15 is 0 Å². The van der Waals surface area contributed by atoms with Crippen LogP contribution in [0.3, 0.4) is 0 Å². The zero-order valence-electron chi connectivity index (χ0n) is 10.6. The van der Waals surface area contributed by atoms with Gasteiger partial charge >= 0.3 is 0 Å². The number of nitrogens with one attached hydrogen (secondary N) is 1. The molecule has 2 rings (SSSR count). The molecule has 0 radical (unpaired) electrons.